The number of aromatic amines is 1. The predicted octanol–water partition coefficient (Wildman–Crippen LogP) is 2.61. The topological polar surface area (TPSA) is 39.3 Å². The molecule has 1 fully saturated rings. The molecule has 2 atom stereocenters. The van der Waals surface area contributed by atoms with Crippen molar-refractivity contribution in [3.05, 3.63) is 35.5 Å². The van der Waals surface area contributed by atoms with E-state index in [1.165, 1.54) is 22.2 Å². The van der Waals surface area contributed by atoms with Crippen molar-refractivity contribution in [2.75, 3.05) is 13.1 Å². The van der Waals surface area contributed by atoms with Crippen molar-refractivity contribution in [3.8, 4) is 0 Å². The lowest BCUT2D eigenvalue weighted by atomic mass is 9.83. The maximum atomic E-state index is 10.4. The minimum Gasteiger partial charge on any atom is -0.390 e. The average Bonchev–Trinajstić information content (AvgIpc) is 2.77. The first-order chi connectivity index (χ1) is 9.14. The lowest BCUT2D eigenvalue weighted by Crippen LogP contribution is -2.47. The monoisotopic (exact) mass is 256 g/mol. The zero-order valence-electron chi connectivity index (χ0n) is 11.3. The number of hydrogen-bond donors (Lipinski definition) is 2. The minimum absolute atomic E-state index is 0.361. The number of hydrogen-bond acceptors (Lipinski definition) is 2. The fraction of sp³-hybridized carbons (Fsp3) is 0.500. The summed E-state index contributed by atoms with van der Waals surface area (Å²) in [7, 11) is 0. The van der Waals surface area contributed by atoms with Gasteiger partial charge in [-0.25, -0.2) is 0 Å². The summed E-state index contributed by atoms with van der Waals surface area (Å²) in [6, 6.07) is 8.92. The third-order valence-electron chi connectivity index (χ3n) is 4.84. The second kappa shape index (κ2) is 3.84. The highest BCUT2D eigenvalue weighted by Crippen LogP contribution is 2.42. The number of piperidine rings is 1. The molecule has 0 amide bonds. The van der Waals surface area contributed by atoms with Gasteiger partial charge in [0, 0.05) is 29.7 Å². The summed E-state index contributed by atoms with van der Waals surface area (Å²) in [5.41, 5.74) is 3.52. The Kier molecular flexibility index (Phi) is 2.32. The van der Waals surface area contributed by atoms with Crippen LogP contribution in [0.2, 0.25) is 0 Å². The van der Waals surface area contributed by atoms with Crippen LogP contribution in [0.1, 0.15) is 37.1 Å². The Morgan fingerprint density at radius 3 is 3.05 bits per heavy atom. The molecule has 0 bridgehead atoms. The number of para-hydroxylation sites is 1. The Hall–Kier alpha value is -1.32. The van der Waals surface area contributed by atoms with Gasteiger partial charge in [-0.05, 0) is 37.8 Å². The van der Waals surface area contributed by atoms with Gasteiger partial charge in [0.15, 0.2) is 0 Å². The van der Waals surface area contributed by atoms with E-state index in [0.717, 1.165) is 32.4 Å². The number of aromatic nitrogens is 1. The number of aliphatic hydroxyl groups is 1. The van der Waals surface area contributed by atoms with Gasteiger partial charge in [0.2, 0.25) is 0 Å². The van der Waals surface area contributed by atoms with Gasteiger partial charge in [-0.3, -0.25) is 4.90 Å². The van der Waals surface area contributed by atoms with Crippen LogP contribution in [0.4, 0.5) is 0 Å². The van der Waals surface area contributed by atoms with Crippen molar-refractivity contribution in [2.24, 2.45) is 0 Å². The van der Waals surface area contributed by atoms with Crippen molar-refractivity contribution in [2.45, 2.75) is 37.8 Å². The molecular formula is C16H20N2O. The summed E-state index contributed by atoms with van der Waals surface area (Å²) in [6.07, 6.45) is 2.85. The van der Waals surface area contributed by atoms with Crippen molar-refractivity contribution in [3.63, 3.8) is 0 Å². The zero-order chi connectivity index (χ0) is 13.0. The molecule has 2 aliphatic rings. The van der Waals surface area contributed by atoms with Crippen LogP contribution in [-0.2, 0) is 6.42 Å². The molecule has 1 aromatic carbocycles. The Balaban J connectivity index is 1.84. The minimum atomic E-state index is -0.521. The van der Waals surface area contributed by atoms with Crippen molar-refractivity contribution in [1.29, 1.82) is 0 Å². The van der Waals surface area contributed by atoms with Crippen LogP contribution in [0.5, 0.6) is 0 Å². The maximum Gasteiger partial charge on any atom is 0.0650 e. The van der Waals surface area contributed by atoms with E-state index in [1.807, 2.05) is 6.92 Å². The Labute approximate surface area is 113 Å². The fourth-order valence-corrected chi connectivity index (χ4v) is 3.77. The molecule has 2 aliphatic heterocycles. The van der Waals surface area contributed by atoms with Crippen molar-refractivity contribution in [1.82, 2.24) is 9.88 Å². The molecule has 3 heterocycles. The number of rotatable bonds is 0. The highest BCUT2D eigenvalue weighted by Gasteiger charge is 2.39. The third kappa shape index (κ3) is 1.72. The largest absolute Gasteiger partial charge is 0.390 e. The first-order valence-corrected chi connectivity index (χ1v) is 7.20. The summed E-state index contributed by atoms with van der Waals surface area (Å²) >= 11 is 0. The number of nitrogens with one attached hydrogen (secondary N) is 1. The molecule has 1 saturated heterocycles. The van der Waals surface area contributed by atoms with Gasteiger partial charge in [-0.2, -0.15) is 0 Å². The van der Waals surface area contributed by atoms with E-state index in [2.05, 4.69) is 34.1 Å². The number of H-pyrrole nitrogens is 1. The van der Waals surface area contributed by atoms with Crippen LogP contribution < -0.4 is 0 Å². The fourth-order valence-electron chi connectivity index (χ4n) is 3.77. The molecule has 0 saturated carbocycles. The van der Waals surface area contributed by atoms with Gasteiger partial charge in [0.25, 0.3) is 0 Å². The normalized spacial score (nSPS) is 31.2. The molecule has 2 N–H and O–H groups in total. The molecule has 4 rings (SSSR count). The summed E-state index contributed by atoms with van der Waals surface area (Å²) < 4.78 is 0. The molecule has 100 valence electrons. The molecule has 3 nitrogen and oxygen atoms in total. The molecule has 0 spiro atoms. The van der Waals surface area contributed by atoms with E-state index in [1.54, 1.807) is 0 Å². The Bertz CT molecular complexity index is 629. The summed E-state index contributed by atoms with van der Waals surface area (Å²) in [5.74, 6) is 0. The Morgan fingerprint density at radius 2 is 2.16 bits per heavy atom. The predicted molar refractivity (Wildman–Crippen MR) is 76.2 cm³/mol. The smallest absolute Gasteiger partial charge is 0.0650 e. The van der Waals surface area contributed by atoms with Gasteiger partial charge < -0.3 is 10.1 Å². The highest BCUT2D eigenvalue weighted by atomic mass is 16.3. The van der Waals surface area contributed by atoms with Crippen LogP contribution >= 0.6 is 0 Å². The standard InChI is InChI=1S/C16H20N2O/c1-16(19)7-9-18-8-6-12-11-4-2-3-5-13(11)17-15(12)14(18)10-16/h2-5,14,17,19H,6-10H2,1H3/t14-,16+/m1/s1. The number of nitrogens with zero attached hydrogens (tertiary/aromatic N) is 1. The van der Waals surface area contributed by atoms with Crippen molar-refractivity contribution >= 4 is 10.9 Å². The van der Waals surface area contributed by atoms with E-state index >= 15 is 0 Å². The molecule has 3 heteroatoms. The third-order valence-corrected chi connectivity index (χ3v) is 4.84. The first kappa shape index (κ1) is 11.5. The lowest BCUT2D eigenvalue weighted by Gasteiger charge is -2.44. The van der Waals surface area contributed by atoms with Gasteiger partial charge >= 0.3 is 0 Å². The lowest BCUT2D eigenvalue weighted by molar-refractivity contribution is -0.0380. The SMILES string of the molecule is C[C@]1(O)CCN2CCc3c([nH]c4ccccc34)[C@H]2C1. The maximum absolute atomic E-state index is 10.4. The van der Waals surface area contributed by atoms with Crippen LogP contribution in [0, 0.1) is 0 Å². The van der Waals surface area contributed by atoms with E-state index in [0.29, 0.717) is 6.04 Å². The van der Waals surface area contributed by atoms with Crippen LogP contribution in [0.15, 0.2) is 24.3 Å². The molecule has 0 radical (unpaired) electrons. The summed E-state index contributed by atoms with van der Waals surface area (Å²) in [4.78, 5) is 6.12. The van der Waals surface area contributed by atoms with Crippen LogP contribution in [-0.4, -0.2) is 33.7 Å². The van der Waals surface area contributed by atoms with E-state index < -0.39 is 5.60 Å². The van der Waals surface area contributed by atoms with Crippen LogP contribution in [0.3, 0.4) is 0 Å². The molecule has 0 aliphatic carbocycles. The molecule has 1 aromatic heterocycles. The average molecular weight is 256 g/mol. The van der Waals surface area contributed by atoms with Gasteiger partial charge in [0.05, 0.1) is 11.6 Å². The first-order valence-electron chi connectivity index (χ1n) is 7.20. The van der Waals surface area contributed by atoms with Gasteiger partial charge in [-0.1, -0.05) is 18.2 Å². The quantitative estimate of drug-likeness (QED) is 0.760. The zero-order valence-corrected chi connectivity index (χ0v) is 11.3. The molecule has 0 unspecified atom stereocenters. The second-order valence-electron chi connectivity index (χ2n) is 6.32. The number of benzene rings is 1. The number of fused-ring (bicyclic) bond motifs is 5. The van der Waals surface area contributed by atoms with Crippen LogP contribution in [0.25, 0.3) is 10.9 Å². The van der Waals surface area contributed by atoms with Gasteiger partial charge in [-0.15, -0.1) is 0 Å². The molecular weight excluding hydrogens is 236 g/mol. The van der Waals surface area contributed by atoms with Crippen molar-refractivity contribution < 1.29 is 5.11 Å². The Morgan fingerprint density at radius 1 is 1.32 bits per heavy atom. The summed E-state index contributed by atoms with van der Waals surface area (Å²) in [5, 5.41) is 11.7. The summed E-state index contributed by atoms with van der Waals surface area (Å²) in [6.45, 7) is 4.10. The highest BCUT2D eigenvalue weighted by molar-refractivity contribution is 5.85. The van der Waals surface area contributed by atoms with E-state index in [-0.39, 0.29) is 0 Å². The van der Waals surface area contributed by atoms with E-state index in [4.69, 9.17) is 0 Å². The molecule has 2 aromatic rings. The van der Waals surface area contributed by atoms with Gasteiger partial charge in [0.1, 0.15) is 0 Å². The second-order valence-corrected chi connectivity index (χ2v) is 6.32. The van der Waals surface area contributed by atoms with E-state index in [9.17, 15) is 5.11 Å². The molecule has 19 heavy (non-hydrogen) atoms.